The number of aromatic amines is 1. The molecule has 3 aromatic rings. The van der Waals surface area contributed by atoms with Gasteiger partial charge in [0.1, 0.15) is 5.69 Å². The van der Waals surface area contributed by atoms with Crippen molar-refractivity contribution < 1.29 is 13.5 Å². The van der Waals surface area contributed by atoms with Crippen molar-refractivity contribution in [2.24, 2.45) is 5.14 Å². The van der Waals surface area contributed by atoms with E-state index in [9.17, 15) is 18.3 Å². The van der Waals surface area contributed by atoms with Crippen molar-refractivity contribution in [2.75, 3.05) is 0 Å². The highest BCUT2D eigenvalue weighted by Crippen LogP contribution is 2.37. The molecule has 4 rings (SSSR count). The Bertz CT molecular complexity index is 1180. The topological polar surface area (TPSA) is 131 Å². The first-order valence-corrected chi connectivity index (χ1v) is 10.7. The van der Waals surface area contributed by atoms with Gasteiger partial charge in [-0.15, -0.1) is 0 Å². The van der Waals surface area contributed by atoms with E-state index in [0.29, 0.717) is 29.5 Å². The third-order valence-corrected chi connectivity index (χ3v) is 6.39. The molecule has 1 saturated carbocycles. The van der Waals surface area contributed by atoms with Gasteiger partial charge in [-0.1, -0.05) is 12.1 Å². The van der Waals surface area contributed by atoms with Crippen LogP contribution >= 0.6 is 0 Å². The van der Waals surface area contributed by atoms with Gasteiger partial charge in [-0.3, -0.25) is 9.48 Å². The number of nitrogens with zero attached hydrogens (tertiary/aromatic N) is 2. The van der Waals surface area contributed by atoms with Crippen LogP contribution in [-0.4, -0.2) is 33.9 Å². The van der Waals surface area contributed by atoms with Gasteiger partial charge in [0.25, 0.3) is 5.56 Å². The van der Waals surface area contributed by atoms with Gasteiger partial charge in [-0.2, -0.15) is 5.10 Å². The number of hydrogen-bond donors (Lipinski definition) is 3. The Labute approximate surface area is 162 Å². The molecule has 0 atom stereocenters. The van der Waals surface area contributed by atoms with E-state index in [0.717, 1.165) is 18.4 Å². The van der Waals surface area contributed by atoms with Crippen LogP contribution in [0.25, 0.3) is 22.2 Å². The molecule has 4 N–H and O–H groups in total. The van der Waals surface area contributed by atoms with Crippen molar-refractivity contribution >= 4 is 20.9 Å². The number of fused-ring (bicyclic) bond motifs is 1. The van der Waals surface area contributed by atoms with Crippen molar-refractivity contribution in [3.05, 3.63) is 46.9 Å². The molecule has 0 bridgehead atoms. The molecule has 0 unspecified atom stereocenters. The maximum Gasteiger partial charge on any atom is 0.259 e. The first-order valence-electron chi connectivity index (χ1n) is 9.11. The Kier molecular flexibility index (Phi) is 4.40. The molecular formula is C19H22N4O4S. The van der Waals surface area contributed by atoms with E-state index in [2.05, 4.69) is 4.98 Å². The molecule has 1 aromatic carbocycles. The fourth-order valence-corrected chi connectivity index (χ4v) is 4.37. The summed E-state index contributed by atoms with van der Waals surface area (Å²) in [4.78, 5) is 15.2. The molecule has 0 spiro atoms. The van der Waals surface area contributed by atoms with Crippen LogP contribution in [0, 0.1) is 0 Å². The van der Waals surface area contributed by atoms with Crippen molar-refractivity contribution in [3.63, 3.8) is 0 Å². The van der Waals surface area contributed by atoms with Gasteiger partial charge in [0, 0.05) is 11.8 Å². The van der Waals surface area contributed by atoms with E-state index >= 15 is 0 Å². The highest BCUT2D eigenvalue weighted by atomic mass is 32.2. The largest absolute Gasteiger partial charge is 0.390 e. The molecule has 0 aliphatic heterocycles. The van der Waals surface area contributed by atoms with Crippen molar-refractivity contribution in [1.82, 2.24) is 14.8 Å². The lowest BCUT2D eigenvalue weighted by Gasteiger charge is -2.33. The Morgan fingerprint density at radius 3 is 2.46 bits per heavy atom. The van der Waals surface area contributed by atoms with Crippen LogP contribution in [0.2, 0.25) is 0 Å². The highest BCUT2D eigenvalue weighted by Gasteiger charge is 2.31. The lowest BCUT2D eigenvalue weighted by Crippen LogP contribution is -2.31. The molecule has 1 aliphatic rings. The van der Waals surface area contributed by atoms with Gasteiger partial charge in [0.05, 0.1) is 27.4 Å². The molecular weight excluding hydrogens is 380 g/mol. The Hall–Kier alpha value is -2.49. The van der Waals surface area contributed by atoms with Gasteiger partial charge in [0.15, 0.2) is 0 Å². The smallest absolute Gasteiger partial charge is 0.259 e. The number of rotatable bonds is 3. The third kappa shape index (κ3) is 3.36. The number of nitrogens with one attached hydrogen (secondary N) is 1. The third-order valence-electron chi connectivity index (χ3n) is 5.46. The number of pyridine rings is 1. The molecule has 2 heterocycles. The van der Waals surface area contributed by atoms with Crippen molar-refractivity contribution in [2.45, 2.75) is 49.1 Å². The van der Waals surface area contributed by atoms with Crippen molar-refractivity contribution in [3.8, 4) is 11.3 Å². The number of aliphatic hydroxyl groups is 1. The lowest BCUT2D eigenvalue weighted by atomic mass is 9.84. The molecule has 9 heteroatoms. The fraction of sp³-hybridized carbons (Fsp3) is 0.368. The minimum Gasteiger partial charge on any atom is -0.390 e. The van der Waals surface area contributed by atoms with E-state index < -0.39 is 15.6 Å². The summed E-state index contributed by atoms with van der Waals surface area (Å²) in [5.74, 6) is 0. The minimum absolute atomic E-state index is 0.00316. The number of hydrogen-bond acceptors (Lipinski definition) is 5. The van der Waals surface area contributed by atoms with E-state index in [1.54, 1.807) is 18.3 Å². The number of H-pyrrole nitrogens is 1. The van der Waals surface area contributed by atoms with Crippen LogP contribution in [0.15, 0.2) is 46.2 Å². The predicted molar refractivity (Wildman–Crippen MR) is 105 cm³/mol. The number of aromatic nitrogens is 3. The Morgan fingerprint density at radius 1 is 1.21 bits per heavy atom. The van der Waals surface area contributed by atoms with Gasteiger partial charge < -0.3 is 10.1 Å². The second kappa shape index (κ2) is 6.54. The zero-order valence-electron chi connectivity index (χ0n) is 15.4. The number of sulfonamides is 1. The summed E-state index contributed by atoms with van der Waals surface area (Å²) < 4.78 is 24.8. The summed E-state index contributed by atoms with van der Waals surface area (Å²) in [7, 11) is -3.79. The quantitative estimate of drug-likeness (QED) is 0.616. The lowest BCUT2D eigenvalue weighted by molar-refractivity contribution is 0.00907. The van der Waals surface area contributed by atoms with Crippen LogP contribution < -0.4 is 10.7 Å². The zero-order chi connectivity index (χ0) is 20.1. The normalized spacial score (nSPS) is 23.2. The van der Waals surface area contributed by atoms with E-state index in [4.69, 9.17) is 10.2 Å². The predicted octanol–water partition coefficient (Wildman–Crippen LogP) is 1.91. The summed E-state index contributed by atoms with van der Waals surface area (Å²) >= 11 is 0. The Morgan fingerprint density at radius 2 is 1.86 bits per heavy atom. The average Bonchev–Trinajstić information content (AvgIpc) is 3.02. The zero-order valence-corrected chi connectivity index (χ0v) is 16.2. The standard InChI is InChI=1S/C19H22N4O4S/c1-19(25)9-6-13(7-10-19)23-15-8-11-21-18(24)16(15)17(22-23)12-2-4-14(5-3-12)28(20,26)27/h2-5,8,11,13,25H,6-7,9-10H2,1H3,(H,21,24)(H2,20,26,27). The minimum atomic E-state index is -3.79. The van der Waals surface area contributed by atoms with Gasteiger partial charge in [0.2, 0.25) is 10.0 Å². The Balaban J connectivity index is 1.83. The summed E-state index contributed by atoms with van der Waals surface area (Å²) in [6.45, 7) is 1.84. The summed E-state index contributed by atoms with van der Waals surface area (Å²) in [6.07, 6.45) is 4.46. The SMILES string of the molecule is CC1(O)CCC(n2nc(-c3ccc(S(N)(=O)=O)cc3)c3c(=O)[nH]ccc32)CC1. The van der Waals surface area contributed by atoms with E-state index in [1.807, 2.05) is 17.7 Å². The summed E-state index contributed by atoms with van der Waals surface area (Å²) in [5, 5.41) is 20.6. The molecule has 8 nitrogen and oxygen atoms in total. The second-order valence-electron chi connectivity index (χ2n) is 7.66. The maximum absolute atomic E-state index is 12.5. The first kappa shape index (κ1) is 18.9. The molecule has 148 valence electrons. The van der Waals surface area contributed by atoms with Gasteiger partial charge in [-0.25, -0.2) is 13.6 Å². The monoisotopic (exact) mass is 402 g/mol. The highest BCUT2D eigenvalue weighted by molar-refractivity contribution is 7.89. The van der Waals surface area contributed by atoms with Crippen LogP contribution in [-0.2, 0) is 10.0 Å². The van der Waals surface area contributed by atoms with E-state index in [1.165, 1.54) is 12.1 Å². The summed E-state index contributed by atoms with van der Waals surface area (Å²) in [5.41, 5.74) is 0.937. The van der Waals surface area contributed by atoms with Gasteiger partial charge >= 0.3 is 0 Å². The second-order valence-corrected chi connectivity index (χ2v) is 9.22. The van der Waals surface area contributed by atoms with Crippen LogP contribution in [0.1, 0.15) is 38.6 Å². The molecule has 28 heavy (non-hydrogen) atoms. The van der Waals surface area contributed by atoms with Crippen LogP contribution in [0.3, 0.4) is 0 Å². The number of primary sulfonamides is 1. The molecule has 2 aromatic heterocycles. The van der Waals surface area contributed by atoms with Crippen LogP contribution in [0.5, 0.6) is 0 Å². The molecule has 1 aliphatic carbocycles. The molecule has 0 radical (unpaired) electrons. The fourth-order valence-electron chi connectivity index (χ4n) is 3.85. The van der Waals surface area contributed by atoms with Gasteiger partial charge in [-0.05, 0) is 50.8 Å². The number of benzene rings is 1. The first-order chi connectivity index (χ1) is 13.2. The maximum atomic E-state index is 12.5. The molecule has 1 fully saturated rings. The summed E-state index contributed by atoms with van der Waals surface area (Å²) in [6, 6.07) is 7.92. The number of nitrogens with two attached hydrogens (primary N) is 1. The van der Waals surface area contributed by atoms with Crippen LogP contribution in [0.4, 0.5) is 0 Å². The molecule has 0 saturated heterocycles. The van der Waals surface area contributed by atoms with Crippen molar-refractivity contribution in [1.29, 1.82) is 0 Å². The van der Waals surface area contributed by atoms with E-state index in [-0.39, 0.29) is 16.5 Å². The average molecular weight is 402 g/mol. The molecule has 0 amide bonds.